The van der Waals surface area contributed by atoms with E-state index in [1.54, 1.807) is 17.1 Å². The molecule has 0 aliphatic rings. The van der Waals surface area contributed by atoms with Gasteiger partial charge in [-0.2, -0.15) is 0 Å². The van der Waals surface area contributed by atoms with Gasteiger partial charge >= 0.3 is 0 Å². The average molecular weight is 228 g/mol. The summed E-state index contributed by atoms with van der Waals surface area (Å²) >= 11 is 7.06. The molecule has 7 heteroatoms. The predicted molar refractivity (Wildman–Crippen MR) is 52.2 cm³/mol. The molecule has 2 rings (SSSR count). The zero-order valence-corrected chi connectivity index (χ0v) is 8.83. The first kappa shape index (κ1) is 9.42. The molecule has 0 aromatic carbocycles. The minimum atomic E-state index is 0.372. The predicted octanol–water partition coefficient (Wildman–Crippen LogP) is 1.41. The Bertz CT molecular complexity index is 443. The number of hydrogen-bond acceptors (Lipinski definition) is 5. The van der Waals surface area contributed by atoms with E-state index in [1.807, 2.05) is 7.05 Å². The molecule has 0 atom stereocenters. The average Bonchev–Trinajstić information content (AvgIpc) is 2.52. The lowest BCUT2D eigenvalue weighted by atomic mass is 10.8. The largest absolute Gasteiger partial charge is 0.311 e. The van der Waals surface area contributed by atoms with Crippen molar-refractivity contribution in [3.63, 3.8) is 0 Å². The summed E-state index contributed by atoms with van der Waals surface area (Å²) < 4.78 is 1.80. The van der Waals surface area contributed by atoms with E-state index in [-0.39, 0.29) is 0 Å². The second kappa shape index (κ2) is 3.93. The SMILES string of the molecule is Cn1cnnc1Sc1cncc(Cl)n1. The van der Waals surface area contributed by atoms with Crippen molar-refractivity contribution >= 4 is 23.4 Å². The van der Waals surface area contributed by atoms with Gasteiger partial charge in [0, 0.05) is 7.05 Å². The highest BCUT2D eigenvalue weighted by Crippen LogP contribution is 2.23. The van der Waals surface area contributed by atoms with Crippen LogP contribution in [0.15, 0.2) is 28.9 Å². The number of halogens is 1. The second-order valence-corrected chi connectivity index (χ2v) is 3.88. The summed E-state index contributed by atoms with van der Waals surface area (Å²) in [5.41, 5.74) is 0. The van der Waals surface area contributed by atoms with E-state index in [4.69, 9.17) is 11.6 Å². The Morgan fingerprint density at radius 2 is 2.29 bits per heavy atom. The van der Waals surface area contributed by atoms with Crippen LogP contribution in [0.2, 0.25) is 5.15 Å². The van der Waals surface area contributed by atoms with Crippen LogP contribution in [0.5, 0.6) is 0 Å². The van der Waals surface area contributed by atoms with Crippen molar-refractivity contribution in [1.82, 2.24) is 24.7 Å². The Labute approximate surface area is 89.5 Å². The summed E-state index contributed by atoms with van der Waals surface area (Å²) in [4.78, 5) is 8.00. The van der Waals surface area contributed by atoms with Gasteiger partial charge in [-0.05, 0) is 11.8 Å². The van der Waals surface area contributed by atoms with Gasteiger partial charge in [0.05, 0.1) is 12.4 Å². The molecule has 2 aromatic heterocycles. The monoisotopic (exact) mass is 227 g/mol. The molecule has 0 saturated carbocycles. The van der Waals surface area contributed by atoms with Crippen LogP contribution in [0, 0.1) is 0 Å². The van der Waals surface area contributed by atoms with Crippen LogP contribution in [0.1, 0.15) is 0 Å². The van der Waals surface area contributed by atoms with Crippen molar-refractivity contribution in [1.29, 1.82) is 0 Å². The summed E-state index contributed by atoms with van der Waals surface area (Å²) in [5, 5.41) is 9.48. The van der Waals surface area contributed by atoms with Crippen LogP contribution in [-0.4, -0.2) is 24.7 Å². The maximum atomic E-state index is 5.70. The molecular weight excluding hydrogens is 222 g/mol. The van der Waals surface area contributed by atoms with Gasteiger partial charge in [0.1, 0.15) is 16.5 Å². The van der Waals surface area contributed by atoms with Gasteiger partial charge in [0.25, 0.3) is 0 Å². The number of hydrogen-bond donors (Lipinski definition) is 0. The van der Waals surface area contributed by atoms with Crippen molar-refractivity contribution in [2.24, 2.45) is 7.05 Å². The number of aryl methyl sites for hydroxylation is 1. The molecule has 2 aromatic rings. The first-order valence-corrected chi connectivity index (χ1v) is 4.94. The Morgan fingerprint density at radius 3 is 2.93 bits per heavy atom. The third kappa shape index (κ3) is 2.02. The molecule has 2 heterocycles. The van der Waals surface area contributed by atoms with E-state index in [2.05, 4.69) is 20.2 Å². The molecule has 0 N–H and O–H groups in total. The van der Waals surface area contributed by atoms with Crippen LogP contribution in [0.4, 0.5) is 0 Å². The van der Waals surface area contributed by atoms with Crippen LogP contribution in [-0.2, 0) is 7.05 Å². The number of aromatic nitrogens is 5. The van der Waals surface area contributed by atoms with Crippen molar-refractivity contribution in [2.75, 3.05) is 0 Å². The molecular formula is C7H6ClN5S. The van der Waals surface area contributed by atoms with E-state index in [0.29, 0.717) is 10.2 Å². The lowest BCUT2D eigenvalue weighted by Gasteiger charge is -1.98. The minimum Gasteiger partial charge on any atom is -0.311 e. The molecule has 0 aliphatic carbocycles. The quantitative estimate of drug-likeness (QED) is 0.777. The van der Waals surface area contributed by atoms with Gasteiger partial charge in [0.15, 0.2) is 5.16 Å². The van der Waals surface area contributed by atoms with Crippen LogP contribution in [0.25, 0.3) is 0 Å². The van der Waals surface area contributed by atoms with Gasteiger partial charge in [-0.3, -0.25) is 4.98 Å². The Morgan fingerprint density at radius 1 is 1.43 bits per heavy atom. The molecule has 0 amide bonds. The molecule has 0 spiro atoms. The van der Waals surface area contributed by atoms with Crippen molar-refractivity contribution in [2.45, 2.75) is 10.2 Å². The molecule has 14 heavy (non-hydrogen) atoms. The lowest BCUT2D eigenvalue weighted by Crippen LogP contribution is -1.90. The van der Waals surface area contributed by atoms with E-state index in [1.165, 1.54) is 18.0 Å². The normalized spacial score (nSPS) is 10.4. The fourth-order valence-corrected chi connectivity index (χ4v) is 1.75. The summed E-state index contributed by atoms with van der Waals surface area (Å²) in [7, 11) is 1.86. The highest BCUT2D eigenvalue weighted by molar-refractivity contribution is 7.99. The Kier molecular flexibility index (Phi) is 2.64. The zero-order valence-electron chi connectivity index (χ0n) is 7.25. The molecule has 0 saturated heterocycles. The molecule has 72 valence electrons. The van der Waals surface area contributed by atoms with Crippen molar-refractivity contribution in [3.8, 4) is 0 Å². The summed E-state index contributed by atoms with van der Waals surface area (Å²) in [6, 6.07) is 0. The van der Waals surface area contributed by atoms with Gasteiger partial charge in [-0.15, -0.1) is 10.2 Å². The molecule has 0 bridgehead atoms. The molecule has 0 fully saturated rings. The molecule has 0 aliphatic heterocycles. The summed E-state index contributed by atoms with van der Waals surface area (Å²) in [6.07, 6.45) is 4.74. The second-order valence-electron chi connectivity index (χ2n) is 2.51. The third-order valence-corrected chi connectivity index (χ3v) is 2.59. The summed E-state index contributed by atoms with van der Waals surface area (Å²) in [5.74, 6) is 0. The van der Waals surface area contributed by atoms with Crippen LogP contribution >= 0.6 is 23.4 Å². The Hall–Kier alpha value is -1.14. The zero-order chi connectivity index (χ0) is 9.97. The van der Waals surface area contributed by atoms with Crippen LogP contribution < -0.4 is 0 Å². The smallest absolute Gasteiger partial charge is 0.197 e. The highest BCUT2D eigenvalue weighted by Gasteiger charge is 2.05. The fourth-order valence-electron chi connectivity index (χ4n) is 0.833. The highest BCUT2D eigenvalue weighted by atomic mass is 35.5. The van der Waals surface area contributed by atoms with E-state index in [0.717, 1.165) is 5.16 Å². The van der Waals surface area contributed by atoms with E-state index < -0.39 is 0 Å². The maximum absolute atomic E-state index is 5.70. The standard InChI is InChI=1S/C7H6ClN5S/c1-13-4-10-12-7(13)14-6-3-9-2-5(8)11-6/h2-4H,1H3. The van der Waals surface area contributed by atoms with Crippen molar-refractivity contribution in [3.05, 3.63) is 23.9 Å². The molecule has 5 nitrogen and oxygen atoms in total. The van der Waals surface area contributed by atoms with E-state index >= 15 is 0 Å². The van der Waals surface area contributed by atoms with Gasteiger partial charge in [0.2, 0.25) is 0 Å². The third-order valence-electron chi connectivity index (χ3n) is 1.45. The Balaban J connectivity index is 2.23. The minimum absolute atomic E-state index is 0.372. The molecule has 0 radical (unpaired) electrons. The van der Waals surface area contributed by atoms with Gasteiger partial charge < -0.3 is 4.57 Å². The maximum Gasteiger partial charge on any atom is 0.197 e. The van der Waals surface area contributed by atoms with E-state index in [9.17, 15) is 0 Å². The van der Waals surface area contributed by atoms with Gasteiger partial charge in [-0.25, -0.2) is 4.98 Å². The lowest BCUT2D eigenvalue weighted by molar-refractivity contribution is 0.786. The molecule has 0 unspecified atom stereocenters. The van der Waals surface area contributed by atoms with Crippen molar-refractivity contribution < 1.29 is 0 Å². The van der Waals surface area contributed by atoms with Gasteiger partial charge in [-0.1, -0.05) is 11.6 Å². The first-order valence-electron chi connectivity index (χ1n) is 3.75. The topological polar surface area (TPSA) is 56.5 Å². The fraction of sp³-hybridized carbons (Fsp3) is 0.143. The number of rotatable bonds is 2. The number of nitrogens with zero attached hydrogens (tertiary/aromatic N) is 5. The summed E-state index contributed by atoms with van der Waals surface area (Å²) in [6.45, 7) is 0. The first-order chi connectivity index (χ1) is 6.75. The van der Waals surface area contributed by atoms with Crippen LogP contribution in [0.3, 0.4) is 0 Å².